The zero-order chi connectivity index (χ0) is 19.6. The minimum absolute atomic E-state index is 0.00758. The van der Waals surface area contributed by atoms with E-state index in [9.17, 15) is 14.4 Å². The van der Waals surface area contributed by atoms with Crippen molar-refractivity contribution in [1.29, 1.82) is 0 Å². The van der Waals surface area contributed by atoms with Gasteiger partial charge in [-0.3, -0.25) is 14.4 Å². The number of likely N-dealkylation sites (tertiary alicyclic amines) is 1. The van der Waals surface area contributed by atoms with Gasteiger partial charge in [0.05, 0.1) is 13.0 Å². The average molecular weight is 391 g/mol. The highest BCUT2D eigenvalue weighted by Gasteiger charge is 2.19. The first-order valence-corrected chi connectivity index (χ1v) is 9.56. The number of anilines is 1. The maximum atomic E-state index is 12.3. The molecule has 1 saturated heterocycles. The summed E-state index contributed by atoms with van der Waals surface area (Å²) in [6, 6.07) is 6.95. The number of thiocarbonyl (C=S) groups is 1. The van der Waals surface area contributed by atoms with E-state index in [4.69, 9.17) is 17.0 Å². The first-order valence-electron chi connectivity index (χ1n) is 9.15. The van der Waals surface area contributed by atoms with Gasteiger partial charge < -0.3 is 20.3 Å². The van der Waals surface area contributed by atoms with E-state index in [0.717, 1.165) is 32.4 Å². The normalized spacial score (nSPS) is 13.1. The number of rotatable bonds is 7. The van der Waals surface area contributed by atoms with E-state index in [2.05, 4.69) is 10.6 Å². The van der Waals surface area contributed by atoms with Crippen LogP contribution in [0.15, 0.2) is 24.3 Å². The van der Waals surface area contributed by atoms with Gasteiger partial charge in [0.1, 0.15) is 0 Å². The Morgan fingerprint density at radius 1 is 1.11 bits per heavy atom. The molecule has 0 saturated carbocycles. The molecule has 1 aromatic rings. The van der Waals surface area contributed by atoms with Gasteiger partial charge in [-0.25, -0.2) is 0 Å². The number of esters is 1. The fourth-order valence-corrected chi connectivity index (χ4v) is 2.89. The Morgan fingerprint density at radius 3 is 2.41 bits per heavy atom. The SMILES string of the molecule is CCCOC(=O)CCC(=O)NC(=S)Nc1ccc(C(=O)N2CCCC2)cc1. The average Bonchev–Trinajstić information content (AvgIpc) is 3.19. The number of ether oxygens (including phenoxy) is 1. The van der Waals surface area contributed by atoms with Gasteiger partial charge in [-0.2, -0.15) is 0 Å². The van der Waals surface area contributed by atoms with Gasteiger partial charge in [-0.15, -0.1) is 0 Å². The predicted molar refractivity (Wildman–Crippen MR) is 106 cm³/mol. The van der Waals surface area contributed by atoms with Crippen LogP contribution in [-0.4, -0.2) is 47.5 Å². The number of hydrogen-bond acceptors (Lipinski definition) is 5. The van der Waals surface area contributed by atoms with E-state index in [0.29, 0.717) is 17.9 Å². The van der Waals surface area contributed by atoms with Gasteiger partial charge in [0.25, 0.3) is 5.91 Å². The molecule has 0 bridgehead atoms. The first-order chi connectivity index (χ1) is 13.0. The van der Waals surface area contributed by atoms with Gasteiger partial charge in [0.2, 0.25) is 5.91 Å². The highest BCUT2D eigenvalue weighted by molar-refractivity contribution is 7.80. The lowest BCUT2D eigenvalue weighted by molar-refractivity contribution is -0.144. The molecule has 0 aliphatic carbocycles. The topological polar surface area (TPSA) is 87.7 Å². The number of benzene rings is 1. The van der Waals surface area contributed by atoms with E-state index in [-0.39, 0.29) is 29.8 Å². The summed E-state index contributed by atoms with van der Waals surface area (Å²) in [5.74, 6) is -0.726. The summed E-state index contributed by atoms with van der Waals surface area (Å²) >= 11 is 5.10. The molecule has 0 aromatic heterocycles. The largest absolute Gasteiger partial charge is 0.466 e. The van der Waals surface area contributed by atoms with Gasteiger partial charge in [0.15, 0.2) is 5.11 Å². The Hall–Kier alpha value is -2.48. The number of carbonyl (C=O) groups excluding carboxylic acids is 3. The Bertz CT molecular complexity index is 685. The maximum absolute atomic E-state index is 12.3. The lowest BCUT2D eigenvalue weighted by Crippen LogP contribution is -2.34. The van der Waals surface area contributed by atoms with Crippen molar-refractivity contribution in [2.45, 2.75) is 39.0 Å². The van der Waals surface area contributed by atoms with E-state index in [1.807, 2.05) is 11.8 Å². The molecule has 0 unspecified atom stereocenters. The first kappa shape index (κ1) is 20.8. The number of hydrogen-bond donors (Lipinski definition) is 2. The van der Waals surface area contributed by atoms with Gasteiger partial charge in [-0.05, 0) is 55.7 Å². The minimum atomic E-state index is -0.399. The van der Waals surface area contributed by atoms with Crippen molar-refractivity contribution >= 4 is 40.8 Å². The van der Waals surface area contributed by atoms with Gasteiger partial charge in [-0.1, -0.05) is 6.92 Å². The second-order valence-electron chi connectivity index (χ2n) is 6.30. The molecule has 1 heterocycles. The highest BCUT2D eigenvalue weighted by atomic mass is 32.1. The number of nitrogens with zero attached hydrogens (tertiary/aromatic N) is 1. The molecule has 7 nitrogen and oxygen atoms in total. The predicted octanol–water partition coefficient (Wildman–Crippen LogP) is 2.47. The van der Waals surface area contributed by atoms with Crippen LogP contribution in [0.25, 0.3) is 0 Å². The second kappa shape index (κ2) is 10.6. The van der Waals surface area contributed by atoms with Crippen LogP contribution in [0.1, 0.15) is 49.4 Å². The van der Waals surface area contributed by atoms with Crippen LogP contribution in [-0.2, 0) is 14.3 Å². The molecule has 2 amide bonds. The third-order valence-electron chi connectivity index (χ3n) is 4.06. The molecule has 1 aromatic carbocycles. The molecule has 0 radical (unpaired) electrons. The zero-order valence-electron chi connectivity index (χ0n) is 15.5. The summed E-state index contributed by atoms with van der Waals surface area (Å²) in [5, 5.41) is 5.55. The van der Waals surface area contributed by atoms with Crippen molar-refractivity contribution in [2.24, 2.45) is 0 Å². The molecule has 8 heteroatoms. The molecular weight excluding hydrogens is 366 g/mol. The van der Waals surface area contributed by atoms with Crippen LogP contribution in [0, 0.1) is 0 Å². The van der Waals surface area contributed by atoms with Crippen LogP contribution in [0.3, 0.4) is 0 Å². The fraction of sp³-hybridized carbons (Fsp3) is 0.474. The van der Waals surface area contributed by atoms with Crippen LogP contribution < -0.4 is 10.6 Å². The smallest absolute Gasteiger partial charge is 0.306 e. The molecule has 146 valence electrons. The van der Waals surface area contributed by atoms with Crippen molar-refractivity contribution in [3.05, 3.63) is 29.8 Å². The summed E-state index contributed by atoms with van der Waals surface area (Å²) in [7, 11) is 0. The Labute approximate surface area is 164 Å². The van der Waals surface area contributed by atoms with Crippen molar-refractivity contribution in [1.82, 2.24) is 10.2 Å². The quantitative estimate of drug-likeness (QED) is 0.548. The number of nitrogens with one attached hydrogen (secondary N) is 2. The number of amides is 2. The van der Waals surface area contributed by atoms with E-state index >= 15 is 0 Å². The Balaban J connectivity index is 1.75. The lowest BCUT2D eigenvalue weighted by Gasteiger charge is -2.15. The van der Waals surface area contributed by atoms with Crippen molar-refractivity contribution in [3.63, 3.8) is 0 Å². The molecule has 0 atom stereocenters. The monoisotopic (exact) mass is 391 g/mol. The van der Waals surface area contributed by atoms with Gasteiger partial charge >= 0.3 is 5.97 Å². The zero-order valence-corrected chi connectivity index (χ0v) is 16.3. The van der Waals surface area contributed by atoms with Crippen molar-refractivity contribution < 1.29 is 19.1 Å². The molecule has 1 fully saturated rings. The molecule has 0 spiro atoms. The molecule has 2 N–H and O–H groups in total. The molecule has 1 aliphatic heterocycles. The third-order valence-corrected chi connectivity index (χ3v) is 4.26. The van der Waals surface area contributed by atoms with Crippen LogP contribution in [0.5, 0.6) is 0 Å². The van der Waals surface area contributed by atoms with E-state index in [1.54, 1.807) is 24.3 Å². The standard InChI is InChI=1S/C19H25N3O4S/c1-2-13-26-17(24)10-9-16(23)21-19(27)20-15-7-5-14(6-8-15)18(25)22-11-3-4-12-22/h5-8H,2-4,9-13H2,1H3,(H2,20,21,23,27). The lowest BCUT2D eigenvalue weighted by atomic mass is 10.2. The van der Waals surface area contributed by atoms with E-state index in [1.165, 1.54) is 0 Å². The van der Waals surface area contributed by atoms with E-state index < -0.39 is 5.97 Å². The summed E-state index contributed by atoms with van der Waals surface area (Å²) in [5.41, 5.74) is 1.30. The molecule has 2 rings (SSSR count). The summed E-state index contributed by atoms with van der Waals surface area (Å²) in [4.78, 5) is 37.3. The summed E-state index contributed by atoms with van der Waals surface area (Å²) in [6.07, 6.45) is 2.87. The highest BCUT2D eigenvalue weighted by Crippen LogP contribution is 2.15. The van der Waals surface area contributed by atoms with Crippen LogP contribution in [0.4, 0.5) is 5.69 Å². The fourth-order valence-electron chi connectivity index (χ4n) is 2.65. The van der Waals surface area contributed by atoms with Crippen LogP contribution >= 0.6 is 12.2 Å². The Morgan fingerprint density at radius 2 is 1.78 bits per heavy atom. The second-order valence-corrected chi connectivity index (χ2v) is 6.71. The maximum Gasteiger partial charge on any atom is 0.306 e. The summed E-state index contributed by atoms with van der Waals surface area (Å²) in [6.45, 7) is 3.87. The van der Waals surface area contributed by atoms with Crippen molar-refractivity contribution in [3.8, 4) is 0 Å². The molecular formula is C19H25N3O4S. The summed E-state index contributed by atoms with van der Waals surface area (Å²) < 4.78 is 4.91. The Kier molecular flexibility index (Phi) is 8.19. The van der Waals surface area contributed by atoms with Gasteiger partial charge in [0, 0.05) is 30.8 Å². The molecule has 27 heavy (non-hydrogen) atoms. The molecule has 1 aliphatic rings. The van der Waals surface area contributed by atoms with Crippen molar-refractivity contribution in [2.75, 3.05) is 25.0 Å². The van der Waals surface area contributed by atoms with Crippen LogP contribution in [0.2, 0.25) is 0 Å². The third kappa shape index (κ3) is 6.97. The minimum Gasteiger partial charge on any atom is -0.466 e. The number of carbonyl (C=O) groups is 3.